The van der Waals surface area contributed by atoms with Crippen molar-refractivity contribution in [2.24, 2.45) is 11.1 Å². The Morgan fingerprint density at radius 1 is 1.21 bits per heavy atom. The fourth-order valence-corrected chi connectivity index (χ4v) is 3.48. The summed E-state index contributed by atoms with van der Waals surface area (Å²) in [6, 6.07) is 9.84. The van der Waals surface area contributed by atoms with E-state index in [1.54, 1.807) is 7.11 Å². The van der Waals surface area contributed by atoms with Crippen LogP contribution in [-0.4, -0.2) is 25.4 Å². The van der Waals surface area contributed by atoms with Gasteiger partial charge < -0.3 is 15.6 Å². The predicted octanol–water partition coefficient (Wildman–Crippen LogP) is 2.43. The Labute approximate surface area is 115 Å². The molecule has 3 N–H and O–H groups in total. The van der Waals surface area contributed by atoms with E-state index in [1.165, 1.54) is 6.42 Å². The molecule has 1 unspecified atom stereocenters. The first-order chi connectivity index (χ1) is 9.18. The molecule has 0 spiro atoms. The van der Waals surface area contributed by atoms with Crippen molar-refractivity contribution in [3.63, 3.8) is 0 Å². The number of ether oxygens (including phenoxy) is 1. The van der Waals surface area contributed by atoms with Crippen molar-refractivity contribution in [1.82, 2.24) is 0 Å². The molecule has 0 aliphatic heterocycles. The van der Waals surface area contributed by atoms with Gasteiger partial charge in [-0.15, -0.1) is 0 Å². The minimum Gasteiger partial charge on any atom is -0.382 e. The van der Waals surface area contributed by atoms with Gasteiger partial charge in [-0.3, -0.25) is 0 Å². The highest BCUT2D eigenvalue weighted by molar-refractivity contribution is 5.26. The van der Waals surface area contributed by atoms with Crippen molar-refractivity contribution in [1.29, 1.82) is 0 Å². The fraction of sp³-hybridized carbons (Fsp3) is 0.625. The minimum absolute atomic E-state index is 0.261. The number of hydrogen-bond donors (Lipinski definition) is 2. The highest BCUT2D eigenvalue weighted by Gasteiger charge is 2.50. The quantitative estimate of drug-likeness (QED) is 0.858. The van der Waals surface area contributed by atoms with Crippen molar-refractivity contribution in [3.05, 3.63) is 35.9 Å². The van der Waals surface area contributed by atoms with Crippen LogP contribution >= 0.6 is 0 Å². The van der Waals surface area contributed by atoms with Gasteiger partial charge in [-0.2, -0.15) is 0 Å². The third kappa shape index (κ3) is 2.55. The molecule has 1 aliphatic rings. The number of rotatable bonds is 5. The summed E-state index contributed by atoms with van der Waals surface area (Å²) in [5.41, 5.74) is 5.75. The third-order valence-electron chi connectivity index (χ3n) is 4.68. The molecular formula is C16H25NO2. The lowest BCUT2D eigenvalue weighted by Gasteiger charge is -2.49. The Morgan fingerprint density at radius 3 is 2.37 bits per heavy atom. The molecule has 0 saturated heterocycles. The molecule has 1 aliphatic carbocycles. The Bertz CT molecular complexity index is 387. The summed E-state index contributed by atoms with van der Waals surface area (Å²) in [7, 11) is 1.64. The zero-order valence-corrected chi connectivity index (χ0v) is 11.8. The summed E-state index contributed by atoms with van der Waals surface area (Å²) in [5.74, 6) is 0. The molecular weight excluding hydrogens is 238 g/mol. The summed E-state index contributed by atoms with van der Waals surface area (Å²) in [6.45, 7) is 0.802. The van der Waals surface area contributed by atoms with Gasteiger partial charge in [0.05, 0.1) is 6.61 Å². The highest BCUT2D eigenvalue weighted by atomic mass is 16.5. The van der Waals surface area contributed by atoms with E-state index < -0.39 is 5.60 Å². The molecule has 0 bridgehead atoms. The van der Waals surface area contributed by atoms with Gasteiger partial charge in [0.1, 0.15) is 5.60 Å². The Kier molecular flexibility index (Phi) is 4.61. The van der Waals surface area contributed by atoms with E-state index in [9.17, 15) is 5.11 Å². The molecule has 2 rings (SSSR count). The molecule has 1 saturated carbocycles. The van der Waals surface area contributed by atoms with Crippen LogP contribution in [0.25, 0.3) is 0 Å². The van der Waals surface area contributed by atoms with E-state index in [1.807, 2.05) is 30.3 Å². The number of nitrogens with two attached hydrogens (primary N) is 1. The van der Waals surface area contributed by atoms with Crippen LogP contribution in [0.2, 0.25) is 0 Å². The van der Waals surface area contributed by atoms with Gasteiger partial charge in [-0.25, -0.2) is 0 Å². The Morgan fingerprint density at radius 2 is 1.84 bits per heavy atom. The van der Waals surface area contributed by atoms with Crippen LogP contribution in [0.15, 0.2) is 30.3 Å². The number of aliphatic hydroxyl groups is 1. The van der Waals surface area contributed by atoms with Crippen LogP contribution in [0.3, 0.4) is 0 Å². The Hall–Kier alpha value is -0.900. The molecule has 0 heterocycles. The molecule has 1 atom stereocenters. The maximum absolute atomic E-state index is 11.4. The van der Waals surface area contributed by atoms with Crippen molar-refractivity contribution in [3.8, 4) is 0 Å². The van der Waals surface area contributed by atoms with Crippen molar-refractivity contribution in [2.75, 3.05) is 20.3 Å². The van der Waals surface area contributed by atoms with Crippen LogP contribution in [0.1, 0.15) is 37.7 Å². The molecule has 19 heavy (non-hydrogen) atoms. The monoisotopic (exact) mass is 263 g/mol. The minimum atomic E-state index is -0.988. The lowest BCUT2D eigenvalue weighted by Crippen LogP contribution is -2.54. The largest absolute Gasteiger partial charge is 0.382 e. The molecule has 0 radical (unpaired) electrons. The van der Waals surface area contributed by atoms with Crippen molar-refractivity contribution < 1.29 is 9.84 Å². The third-order valence-corrected chi connectivity index (χ3v) is 4.68. The molecule has 0 amide bonds. The summed E-state index contributed by atoms with van der Waals surface area (Å²) >= 11 is 0. The second kappa shape index (κ2) is 6.04. The molecule has 1 aromatic carbocycles. The maximum Gasteiger partial charge on any atom is 0.120 e. The van der Waals surface area contributed by atoms with Gasteiger partial charge in [0.25, 0.3) is 0 Å². The van der Waals surface area contributed by atoms with E-state index in [0.29, 0.717) is 13.2 Å². The highest BCUT2D eigenvalue weighted by Crippen LogP contribution is 2.49. The normalized spacial score (nSPS) is 21.8. The second-order valence-corrected chi connectivity index (χ2v) is 5.70. The summed E-state index contributed by atoms with van der Waals surface area (Å²) in [4.78, 5) is 0. The number of benzene rings is 1. The zero-order valence-electron chi connectivity index (χ0n) is 11.8. The first-order valence-corrected chi connectivity index (χ1v) is 7.15. The van der Waals surface area contributed by atoms with E-state index in [4.69, 9.17) is 10.5 Å². The first-order valence-electron chi connectivity index (χ1n) is 7.15. The summed E-state index contributed by atoms with van der Waals surface area (Å²) in [5, 5.41) is 11.4. The van der Waals surface area contributed by atoms with Crippen LogP contribution in [0.4, 0.5) is 0 Å². The summed E-state index contributed by atoms with van der Waals surface area (Å²) in [6.07, 6.45) is 5.45. The molecule has 1 aromatic rings. The topological polar surface area (TPSA) is 55.5 Å². The van der Waals surface area contributed by atoms with Gasteiger partial charge >= 0.3 is 0 Å². The lowest BCUT2D eigenvalue weighted by molar-refractivity contribution is -0.143. The SMILES string of the molecule is COCC(O)(c1ccccc1)C1(CN)CCCCC1. The van der Waals surface area contributed by atoms with Gasteiger partial charge in [0.15, 0.2) is 0 Å². The number of hydrogen-bond acceptors (Lipinski definition) is 3. The van der Waals surface area contributed by atoms with Crippen molar-refractivity contribution in [2.45, 2.75) is 37.7 Å². The van der Waals surface area contributed by atoms with Gasteiger partial charge in [-0.1, -0.05) is 49.6 Å². The van der Waals surface area contributed by atoms with Crippen molar-refractivity contribution >= 4 is 0 Å². The Balaban J connectivity index is 2.42. The van der Waals surface area contributed by atoms with Crippen LogP contribution < -0.4 is 5.73 Å². The smallest absolute Gasteiger partial charge is 0.120 e. The lowest BCUT2D eigenvalue weighted by atomic mass is 9.61. The first kappa shape index (κ1) is 14.5. The predicted molar refractivity (Wildman–Crippen MR) is 76.8 cm³/mol. The van der Waals surface area contributed by atoms with Crippen LogP contribution in [-0.2, 0) is 10.3 Å². The molecule has 0 aromatic heterocycles. The molecule has 3 heteroatoms. The standard InChI is InChI=1S/C16H25NO2/c1-19-13-16(18,14-8-4-2-5-9-14)15(12-17)10-6-3-7-11-15/h2,4-5,8-9,18H,3,6-7,10-13,17H2,1H3. The van der Waals surface area contributed by atoms with E-state index in [0.717, 1.165) is 31.2 Å². The average Bonchev–Trinajstić information content (AvgIpc) is 2.49. The number of methoxy groups -OCH3 is 1. The zero-order chi connectivity index (χ0) is 13.8. The molecule has 3 nitrogen and oxygen atoms in total. The van der Waals surface area contributed by atoms with Crippen LogP contribution in [0, 0.1) is 5.41 Å². The van der Waals surface area contributed by atoms with Gasteiger partial charge in [-0.05, 0) is 18.4 Å². The summed E-state index contributed by atoms with van der Waals surface area (Å²) < 4.78 is 5.34. The maximum atomic E-state index is 11.4. The molecule has 106 valence electrons. The van der Waals surface area contributed by atoms with E-state index >= 15 is 0 Å². The van der Waals surface area contributed by atoms with Gasteiger partial charge in [0, 0.05) is 19.1 Å². The van der Waals surface area contributed by atoms with E-state index in [-0.39, 0.29) is 5.41 Å². The average molecular weight is 263 g/mol. The van der Waals surface area contributed by atoms with E-state index in [2.05, 4.69) is 0 Å². The second-order valence-electron chi connectivity index (χ2n) is 5.70. The van der Waals surface area contributed by atoms with Crippen LogP contribution in [0.5, 0.6) is 0 Å². The van der Waals surface area contributed by atoms with Gasteiger partial charge in [0.2, 0.25) is 0 Å². The fourth-order valence-electron chi connectivity index (χ4n) is 3.48. The molecule has 1 fully saturated rings.